The number of alkyl halides is 3. The van der Waals surface area contributed by atoms with Crippen LogP contribution in [0.1, 0.15) is 0 Å². The van der Waals surface area contributed by atoms with E-state index in [4.69, 9.17) is 11.6 Å². The minimum atomic E-state index is -4.69. The first-order valence-electron chi connectivity index (χ1n) is 4.78. The molecular formula is C11H6ClF3N2O. The highest BCUT2D eigenvalue weighted by molar-refractivity contribution is 6.28. The average Bonchev–Trinajstić information content (AvgIpc) is 2.29. The number of hydrogen-bond donors (Lipinski definition) is 0. The van der Waals surface area contributed by atoms with Gasteiger partial charge in [-0.05, 0) is 29.3 Å². The molecule has 1 aromatic carbocycles. The van der Waals surface area contributed by atoms with E-state index in [-0.39, 0.29) is 11.0 Å². The first-order valence-corrected chi connectivity index (χ1v) is 5.15. The van der Waals surface area contributed by atoms with Crippen molar-refractivity contribution in [2.45, 2.75) is 6.36 Å². The summed E-state index contributed by atoms with van der Waals surface area (Å²) in [5.74, 6) is -0.277. The summed E-state index contributed by atoms with van der Waals surface area (Å²) in [7, 11) is 0. The molecule has 1 aromatic heterocycles. The van der Waals surface area contributed by atoms with Crippen LogP contribution in [0.4, 0.5) is 13.2 Å². The summed E-state index contributed by atoms with van der Waals surface area (Å²) < 4.78 is 39.6. The zero-order valence-electron chi connectivity index (χ0n) is 8.78. The van der Waals surface area contributed by atoms with Gasteiger partial charge in [0.15, 0.2) is 0 Å². The van der Waals surface area contributed by atoms with Crippen molar-refractivity contribution in [3.63, 3.8) is 0 Å². The summed E-state index contributed by atoms with van der Waals surface area (Å²) in [6.07, 6.45) is -1.73. The van der Waals surface area contributed by atoms with Crippen molar-refractivity contribution in [2.75, 3.05) is 0 Å². The topological polar surface area (TPSA) is 35.0 Å². The summed E-state index contributed by atoms with van der Waals surface area (Å²) >= 11 is 5.53. The first kappa shape index (κ1) is 12.6. The molecule has 0 atom stereocenters. The van der Waals surface area contributed by atoms with Crippen LogP contribution < -0.4 is 4.74 Å². The largest absolute Gasteiger partial charge is 0.573 e. The van der Waals surface area contributed by atoms with Gasteiger partial charge in [0, 0.05) is 18.0 Å². The van der Waals surface area contributed by atoms with E-state index in [9.17, 15) is 13.2 Å². The lowest BCUT2D eigenvalue weighted by Gasteiger charge is -2.09. The summed E-state index contributed by atoms with van der Waals surface area (Å²) in [6, 6.07) is 5.40. The van der Waals surface area contributed by atoms with Crippen LogP contribution in [-0.2, 0) is 0 Å². The Morgan fingerprint density at radius 1 is 0.944 bits per heavy atom. The molecule has 0 amide bonds. The van der Waals surface area contributed by atoms with Crippen LogP contribution in [-0.4, -0.2) is 16.3 Å². The van der Waals surface area contributed by atoms with Gasteiger partial charge in [0.2, 0.25) is 5.28 Å². The fourth-order valence-corrected chi connectivity index (χ4v) is 1.41. The lowest BCUT2D eigenvalue weighted by Crippen LogP contribution is -2.16. The summed E-state index contributed by atoms with van der Waals surface area (Å²) in [6.45, 7) is 0. The number of halogens is 4. The number of nitrogens with zero attached hydrogens (tertiary/aromatic N) is 2. The van der Waals surface area contributed by atoms with E-state index >= 15 is 0 Å². The fourth-order valence-electron chi connectivity index (χ4n) is 1.31. The number of rotatable bonds is 2. The highest BCUT2D eigenvalue weighted by Crippen LogP contribution is 2.26. The van der Waals surface area contributed by atoms with Gasteiger partial charge in [-0.3, -0.25) is 0 Å². The second-order valence-electron chi connectivity index (χ2n) is 3.31. The third-order valence-electron chi connectivity index (χ3n) is 2.04. The van der Waals surface area contributed by atoms with Crippen LogP contribution in [0.15, 0.2) is 36.7 Å². The molecule has 0 fully saturated rings. The molecule has 2 rings (SSSR count). The van der Waals surface area contributed by atoms with Crippen LogP contribution >= 0.6 is 11.6 Å². The normalized spacial score (nSPS) is 11.3. The zero-order chi connectivity index (χ0) is 13.2. The van der Waals surface area contributed by atoms with E-state index in [1.807, 2.05) is 0 Å². The minimum Gasteiger partial charge on any atom is -0.406 e. The highest BCUT2D eigenvalue weighted by atomic mass is 35.5. The monoisotopic (exact) mass is 274 g/mol. The molecule has 0 aliphatic carbocycles. The third kappa shape index (κ3) is 3.33. The molecule has 0 N–H and O–H groups in total. The molecule has 0 aliphatic rings. The van der Waals surface area contributed by atoms with Crippen molar-refractivity contribution in [1.82, 2.24) is 9.97 Å². The van der Waals surface area contributed by atoms with Crippen LogP contribution in [0.25, 0.3) is 11.1 Å². The van der Waals surface area contributed by atoms with E-state index in [2.05, 4.69) is 14.7 Å². The SMILES string of the molecule is FC(F)(F)Oc1ccc(-c2cnc(Cl)nc2)cc1. The summed E-state index contributed by atoms with van der Waals surface area (Å²) in [4.78, 5) is 7.56. The molecule has 2 aromatic rings. The van der Waals surface area contributed by atoms with Gasteiger partial charge < -0.3 is 4.74 Å². The maximum absolute atomic E-state index is 12.0. The second kappa shape index (κ2) is 4.81. The molecule has 0 unspecified atom stereocenters. The van der Waals surface area contributed by atoms with E-state index in [1.54, 1.807) is 0 Å². The number of aromatic nitrogens is 2. The first-order chi connectivity index (χ1) is 8.44. The van der Waals surface area contributed by atoms with Gasteiger partial charge in [0.05, 0.1) is 0 Å². The molecule has 0 saturated carbocycles. The van der Waals surface area contributed by atoms with E-state index in [0.29, 0.717) is 11.1 Å². The van der Waals surface area contributed by atoms with Gasteiger partial charge >= 0.3 is 6.36 Å². The molecule has 7 heteroatoms. The Morgan fingerprint density at radius 2 is 1.50 bits per heavy atom. The maximum atomic E-state index is 12.0. The van der Waals surface area contributed by atoms with Gasteiger partial charge in [-0.1, -0.05) is 12.1 Å². The van der Waals surface area contributed by atoms with Crippen molar-refractivity contribution >= 4 is 11.6 Å². The van der Waals surface area contributed by atoms with Gasteiger partial charge in [-0.2, -0.15) is 0 Å². The highest BCUT2D eigenvalue weighted by Gasteiger charge is 2.30. The lowest BCUT2D eigenvalue weighted by atomic mass is 10.1. The summed E-state index contributed by atoms with van der Waals surface area (Å²) in [5, 5.41) is 0.107. The molecule has 0 spiro atoms. The predicted molar refractivity (Wildman–Crippen MR) is 59.2 cm³/mol. The number of hydrogen-bond acceptors (Lipinski definition) is 3. The van der Waals surface area contributed by atoms with Crippen LogP contribution in [0.5, 0.6) is 5.75 Å². The average molecular weight is 275 g/mol. The standard InChI is InChI=1S/C11H6ClF3N2O/c12-10-16-5-8(6-17-10)7-1-3-9(4-2-7)18-11(13,14)15/h1-6H. The Kier molecular flexibility index (Phi) is 3.38. The Bertz CT molecular complexity index is 525. The molecule has 0 bridgehead atoms. The molecule has 0 saturated heterocycles. The van der Waals surface area contributed by atoms with Crippen molar-refractivity contribution < 1.29 is 17.9 Å². The van der Waals surface area contributed by atoms with Gasteiger partial charge in [-0.25, -0.2) is 9.97 Å². The smallest absolute Gasteiger partial charge is 0.406 e. The second-order valence-corrected chi connectivity index (χ2v) is 3.65. The minimum absolute atomic E-state index is 0.107. The van der Waals surface area contributed by atoms with Crippen LogP contribution in [0.2, 0.25) is 5.28 Å². The molecule has 3 nitrogen and oxygen atoms in total. The number of ether oxygens (including phenoxy) is 1. The van der Waals surface area contributed by atoms with E-state index in [1.165, 1.54) is 36.7 Å². The quantitative estimate of drug-likeness (QED) is 0.783. The Labute approximate surface area is 105 Å². The van der Waals surface area contributed by atoms with E-state index in [0.717, 1.165) is 0 Å². The van der Waals surface area contributed by atoms with E-state index < -0.39 is 6.36 Å². The maximum Gasteiger partial charge on any atom is 0.573 e. The zero-order valence-corrected chi connectivity index (χ0v) is 9.53. The van der Waals surface area contributed by atoms with Crippen LogP contribution in [0, 0.1) is 0 Å². The lowest BCUT2D eigenvalue weighted by molar-refractivity contribution is -0.274. The van der Waals surface area contributed by atoms with Crippen molar-refractivity contribution in [1.29, 1.82) is 0 Å². The third-order valence-corrected chi connectivity index (χ3v) is 2.24. The molecule has 1 heterocycles. The molecule has 0 aliphatic heterocycles. The fraction of sp³-hybridized carbons (Fsp3) is 0.0909. The van der Waals surface area contributed by atoms with Crippen molar-refractivity contribution in [3.05, 3.63) is 41.9 Å². The molecular weight excluding hydrogens is 269 g/mol. The van der Waals surface area contributed by atoms with Crippen molar-refractivity contribution in [3.8, 4) is 16.9 Å². The van der Waals surface area contributed by atoms with Gasteiger partial charge in [-0.15, -0.1) is 13.2 Å². The Morgan fingerprint density at radius 3 is 2.00 bits per heavy atom. The predicted octanol–water partition coefficient (Wildman–Crippen LogP) is 3.70. The molecule has 18 heavy (non-hydrogen) atoms. The van der Waals surface area contributed by atoms with Crippen molar-refractivity contribution in [2.24, 2.45) is 0 Å². The molecule has 0 radical (unpaired) electrons. The van der Waals surface area contributed by atoms with Crippen LogP contribution in [0.3, 0.4) is 0 Å². The van der Waals surface area contributed by atoms with Gasteiger partial charge in [0.25, 0.3) is 0 Å². The van der Waals surface area contributed by atoms with Gasteiger partial charge in [0.1, 0.15) is 5.75 Å². The Hall–Kier alpha value is -1.82. The summed E-state index contributed by atoms with van der Waals surface area (Å²) in [5.41, 5.74) is 1.32. The Balaban J connectivity index is 2.20. The number of benzene rings is 1. The molecule has 94 valence electrons.